The smallest absolute Gasteiger partial charge is 0.293 e. The molecule has 11 heteroatoms. The SMILES string of the molecule is O=C1S/C(=C/c2ccc(-c3cc([N+](=O)[O-])ccc3Cl)o2)C(=O)N1Cc1ccc(F)cc1Cl. The Kier molecular flexibility index (Phi) is 6.05. The summed E-state index contributed by atoms with van der Waals surface area (Å²) in [5.41, 5.74) is 0.597. The highest BCUT2D eigenvalue weighted by atomic mass is 35.5. The summed E-state index contributed by atoms with van der Waals surface area (Å²) >= 11 is 12.9. The second-order valence-corrected chi connectivity index (χ2v) is 8.43. The van der Waals surface area contributed by atoms with E-state index in [-0.39, 0.29) is 38.7 Å². The van der Waals surface area contributed by atoms with Gasteiger partial charge in [0.15, 0.2) is 0 Å². The fourth-order valence-corrected chi connectivity index (χ4v) is 4.23. The van der Waals surface area contributed by atoms with Gasteiger partial charge >= 0.3 is 0 Å². The minimum Gasteiger partial charge on any atom is -0.457 e. The quantitative estimate of drug-likeness (QED) is 0.228. The van der Waals surface area contributed by atoms with E-state index >= 15 is 0 Å². The average molecular weight is 493 g/mol. The normalized spacial score (nSPS) is 15.1. The fourth-order valence-electron chi connectivity index (χ4n) is 2.98. The largest absolute Gasteiger partial charge is 0.457 e. The summed E-state index contributed by atoms with van der Waals surface area (Å²) in [6, 6.07) is 10.8. The van der Waals surface area contributed by atoms with Crippen LogP contribution in [0.2, 0.25) is 10.0 Å². The molecule has 0 spiro atoms. The van der Waals surface area contributed by atoms with Gasteiger partial charge in [0.2, 0.25) is 0 Å². The molecule has 1 aliphatic rings. The van der Waals surface area contributed by atoms with Crippen LogP contribution in [-0.2, 0) is 11.3 Å². The molecule has 0 aliphatic carbocycles. The highest BCUT2D eigenvalue weighted by Crippen LogP contribution is 2.36. The van der Waals surface area contributed by atoms with Gasteiger partial charge in [0.25, 0.3) is 16.8 Å². The molecule has 0 N–H and O–H groups in total. The van der Waals surface area contributed by atoms with Crippen LogP contribution in [0.1, 0.15) is 11.3 Å². The molecular weight excluding hydrogens is 482 g/mol. The first-order valence-corrected chi connectivity index (χ1v) is 10.5. The first-order chi connectivity index (χ1) is 15.2. The van der Waals surface area contributed by atoms with Crippen LogP contribution in [0.5, 0.6) is 0 Å². The number of rotatable bonds is 5. The minimum absolute atomic E-state index is 0.103. The number of furan rings is 1. The van der Waals surface area contributed by atoms with Crippen molar-refractivity contribution in [2.75, 3.05) is 0 Å². The first-order valence-electron chi connectivity index (χ1n) is 8.96. The molecule has 162 valence electrons. The van der Waals surface area contributed by atoms with Gasteiger partial charge in [-0.05, 0) is 47.7 Å². The van der Waals surface area contributed by atoms with Crippen LogP contribution in [0.25, 0.3) is 17.4 Å². The van der Waals surface area contributed by atoms with Crippen LogP contribution in [-0.4, -0.2) is 21.0 Å². The van der Waals surface area contributed by atoms with E-state index in [4.69, 9.17) is 27.6 Å². The Labute approximate surface area is 194 Å². The van der Waals surface area contributed by atoms with Gasteiger partial charge in [-0.2, -0.15) is 0 Å². The lowest BCUT2D eigenvalue weighted by Crippen LogP contribution is -2.27. The maximum Gasteiger partial charge on any atom is 0.293 e. The molecule has 0 atom stereocenters. The predicted molar refractivity (Wildman–Crippen MR) is 119 cm³/mol. The van der Waals surface area contributed by atoms with Crippen LogP contribution >= 0.6 is 35.0 Å². The number of carbonyl (C=O) groups excluding carboxylic acids is 2. The van der Waals surface area contributed by atoms with E-state index in [2.05, 4.69) is 0 Å². The number of nitrogens with zero attached hydrogens (tertiary/aromatic N) is 2. The summed E-state index contributed by atoms with van der Waals surface area (Å²) < 4.78 is 18.9. The van der Waals surface area contributed by atoms with Crippen molar-refractivity contribution in [2.24, 2.45) is 0 Å². The van der Waals surface area contributed by atoms with Crippen molar-refractivity contribution in [3.05, 3.63) is 90.7 Å². The third kappa shape index (κ3) is 4.40. The van der Waals surface area contributed by atoms with E-state index in [1.807, 2.05) is 0 Å². The molecule has 3 aromatic rings. The number of benzene rings is 2. The van der Waals surface area contributed by atoms with Crippen molar-refractivity contribution in [1.29, 1.82) is 0 Å². The summed E-state index contributed by atoms with van der Waals surface area (Å²) in [6.45, 7) is -0.103. The molecule has 1 aromatic heterocycles. The zero-order chi connectivity index (χ0) is 23.0. The summed E-state index contributed by atoms with van der Waals surface area (Å²) in [7, 11) is 0. The van der Waals surface area contributed by atoms with Crippen molar-refractivity contribution < 1.29 is 23.3 Å². The van der Waals surface area contributed by atoms with Crippen molar-refractivity contribution in [3.63, 3.8) is 0 Å². The zero-order valence-electron chi connectivity index (χ0n) is 15.9. The molecule has 32 heavy (non-hydrogen) atoms. The van der Waals surface area contributed by atoms with Crippen molar-refractivity contribution in [1.82, 2.24) is 4.90 Å². The Balaban J connectivity index is 1.57. The van der Waals surface area contributed by atoms with Gasteiger partial charge in [-0.1, -0.05) is 29.3 Å². The first kappa shape index (κ1) is 22.1. The average Bonchev–Trinajstić information content (AvgIpc) is 3.30. The monoisotopic (exact) mass is 492 g/mol. The lowest BCUT2D eigenvalue weighted by atomic mass is 10.1. The van der Waals surface area contributed by atoms with Crippen LogP contribution in [0.3, 0.4) is 0 Å². The van der Waals surface area contributed by atoms with E-state index in [1.165, 1.54) is 36.4 Å². The van der Waals surface area contributed by atoms with Gasteiger partial charge < -0.3 is 4.42 Å². The topological polar surface area (TPSA) is 93.7 Å². The zero-order valence-corrected chi connectivity index (χ0v) is 18.2. The van der Waals surface area contributed by atoms with Crippen LogP contribution < -0.4 is 0 Å². The molecule has 4 rings (SSSR count). The van der Waals surface area contributed by atoms with E-state index in [0.717, 1.165) is 22.7 Å². The maximum atomic E-state index is 13.2. The van der Waals surface area contributed by atoms with Crippen molar-refractivity contribution in [2.45, 2.75) is 6.54 Å². The lowest BCUT2D eigenvalue weighted by molar-refractivity contribution is -0.384. The second kappa shape index (κ2) is 8.78. The molecule has 0 radical (unpaired) electrons. The van der Waals surface area contributed by atoms with Gasteiger partial charge in [0.1, 0.15) is 17.3 Å². The van der Waals surface area contributed by atoms with E-state index in [0.29, 0.717) is 11.1 Å². The van der Waals surface area contributed by atoms with Gasteiger partial charge in [0, 0.05) is 28.8 Å². The molecule has 1 fully saturated rings. The Bertz CT molecular complexity index is 1310. The summed E-state index contributed by atoms with van der Waals surface area (Å²) in [4.78, 5) is 36.6. The molecule has 1 saturated heterocycles. The highest BCUT2D eigenvalue weighted by Gasteiger charge is 2.35. The predicted octanol–water partition coefficient (Wildman–Crippen LogP) is 6.54. The van der Waals surface area contributed by atoms with Gasteiger partial charge in [-0.15, -0.1) is 0 Å². The van der Waals surface area contributed by atoms with Crippen LogP contribution in [0.15, 0.2) is 57.9 Å². The molecule has 0 saturated carbocycles. The number of carbonyl (C=O) groups is 2. The maximum absolute atomic E-state index is 13.2. The summed E-state index contributed by atoms with van der Waals surface area (Å²) in [5.74, 6) is -0.549. The van der Waals surface area contributed by atoms with E-state index < -0.39 is 21.9 Å². The van der Waals surface area contributed by atoms with E-state index in [9.17, 15) is 24.1 Å². The summed E-state index contributed by atoms with van der Waals surface area (Å²) in [5, 5.41) is 10.9. The van der Waals surface area contributed by atoms with Crippen LogP contribution in [0, 0.1) is 15.9 Å². The summed E-state index contributed by atoms with van der Waals surface area (Å²) in [6.07, 6.45) is 1.39. The third-order valence-corrected chi connectivity index (χ3v) is 6.13. The Morgan fingerprint density at radius 2 is 1.88 bits per heavy atom. The number of non-ortho nitro benzene ring substituents is 1. The Morgan fingerprint density at radius 3 is 2.59 bits per heavy atom. The van der Waals surface area contributed by atoms with E-state index in [1.54, 1.807) is 12.1 Å². The van der Waals surface area contributed by atoms with Gasteiger partial charge in [-0.25, -0.2) is 4.39 Å². The number of hydrogen-bond acceptors (Lipinski definition) is 6. The number of thioether (sulfide) groups is 1. The minimum atomic E-state index is -0.549. The highest BCUT2D eigenvalue weighted by molar-refractivity contribution is 8.18. The standard InChI is InChI=1S/C21H11Cl2FN2O5S/c22-16-5-3-13(26(29)30)8-15(16)18-6-4-14(31-18)9-19-20(27)25(21(28)32-19)10-11-1-2-12(24)7-17(11)23/h1-9H,10H2/b19-9+. The Hall–Kier alpha value is -3.14. The number of nitro groups is 1. The molecular formula is C21H11Cl2FN2O5S. The van der Waals surface area contributed by atoms with Gasteiger partial charge in [-0.3, -0.25) is 24.6 Å². The number of imide groups is 1. The van der Waals surface area contributed by atoms with Gasteiger partial charge in [0.05, 0.1) is 21.4 Å². The molecule has 2 amide bonds. The third-order valence-electron chi connectivity index (χ3n) is 4.54. The number of amides is 2. The number of nitro benzene ring substituents is 1. The molecule has 0 bridgehead atoms. The number of halogens is 3. The van der Waals surface area contributed by atoms with Crippen molar-refractivity contribution in [3.8, 4) is 11.3 Å². The molecule has 1 aliphatic heterocycles. The van der Waals surface area contributed by atoms with Crippen LogP contribution in [0.4, 0.5) is 14.9 Å². The van der Waals surface area contributed by atoms with Crippen molar-refractivity contribution >= 4 is 57.9 Å². The molecule has 2 heterocycles. The fraction of sp³-hybridized carbons (Fsp3) is 0.0476. The molecule has 0 unspecified atom stereocenters. The molecule has 2 aromatic carbocycles. The molecule has 7 nitrogen and oxygen atoms in total. The number of hydrogen-bond donors (Lipinski definition) is 0. The lowest BCUT2D eigenvalue weighted by Gasteiger charge is -2.13. The second-order valence-electron chi connectivity index (χ2n) is 6.63. The Morgan fingerprint density at radius 1 is 1.09 bits per heavy atom.